The van der Waals surface area contributed by atoms with Gasteiger partial charge in [0.25, 0.3) is 0 Å². The quantitative estimate of drug-likeness (QED) is 0.489. The summed E-state index contributed by atoms with van der Waals surface area (Å²) in [6.07, 6.45) is -1.90. The number of hydrogen-bond donors (Lipinski definition) is 1. The van der Waals surface area contributed by atoms with E-state index in [1.807, 2.05) is 0 Å². The van der Waals surface area contributed by atoms with Crippen molar-refractivity contribution in [1.82, 2.24) is 5.06 Å². The number of nitrogens with two attached hydrogens (primary N) is 1. The molecule has 0 aromatic rings. The maximum atomic E-state index is 12.1. The molecule has 0 aliphatic rings. The molecule has 9 nitrogen and oxygen atoms in total. The number of carbonyl (C=O) groups is 2. The molecule has 2 N–H and O–H groups in total. The third-order valence-corrected chi connectivity index (χ3v) is 2.20. The van der Waals surface area contributed by atoms with E-state index in [-0.39, 0.29) is 13.2 Å². The Morgan fingerprint density at radius 2 is 1.16 bits per heavy atom. The van der Waals surface area contributed by atoms with Crippen LogP contribution in [0.1, 0.15) is 41.5 Å². The van der Waals surface area contributed by atoms with E-state index >= 15 is 0 Å². The van der Waals surface area contributed by atoms with Crippen LogP contribution in [0.25, 0.3) is 0 Å². The fourth-order valence-corrected chi connectivity index (χ4v) is 1.38. The fraction of sp³-hybridized carbons (Fsp3) is 0.875. The Kier molecular flexibility index (Phi) is 10.6. The van der Waals surface area contributed by atoms with Crippen LogP contribution in [-0.2, 0) is 23.8 Å². The average molecular weight is 364 g/mol. The van der Waals surface area contributed by atoms with Crippen molar-refractivity contribution in [2.45, 2.75) is 52.7 Å². The first-order valence-electron chi connectivity index (χ1n) is 8.21. The van der Waals surface area contributed by atoms with E-state index in [9.17, 15) is 9.59 Å². The van der Waals surface area contributed by atoms with Gasteiger partial charge in [0, 0.05) is 6.54 Å². The molecule has 0 saturated heterocycles. The fourth-order valence-electron chi connectivity index (χ4n) is 1.38. The highest BCUT2D eigenvalue weighted by atomic mass is 16.8. The highest BCUT2D eigenvalue weighted by molar-refractivity contribution is 5.86. The summed E-state index contributed by atoms with van der Waals surface area (Å²) < 4.78 is 20.7. The Labute approximate surface area is 149 Å². The summed E-state index contributed by atoms with van der Waals surface area (Å²) in [6.45, 7) is 11.9. The van der Waals surface area contributed by atoms with Crippen molar-refractivity contribution in [2.24, 2.45) is 5.73 Å². The number of carbonyl (C=O) groups excluding carboxylic acids is 2. The van der Waals surface area contributed by atoms with E-state index in [2.05, 4.69) is 0 Å². The van der Waals surface area contributed by atoms with Gasteiger partial charge >= 0.3 is 12.2 Å². The minimum Gasteiger partial charge on any atom is -0.442 e. The Bertz CT molecular complexity index is 374. The molecule has 0 radical (unpaired) electrons. The smallest absolute Gasteiger partial charge is 0.442 e. The summed E-state index contributed by atoms with van der Waals surface area (Å²) in [5, 5.41) is 0.463. The van der Waals surface area contributed by atoms with Gasteiger partial charge in [0.05, 0.1) is 33.0 Å². The highest BCUT2D eigenvalue weighted by Crippen LogP contribution is 2.14. The second-order valence-electron chi connectivity index (χ2n) is 7.10. The van der Waals surface area contributed by atoms with Crippen LogP contribution < -0.4 is 5.73 Å². The maximum absolute atomic E-state index is 12.1. The SMILES string of the molecule is CC(C)(C)OC(=O)N(OCCOCCOCCN)C(=O)OC(C)(C)C. The van der Waals surface area contributed by atoms with Gasteiger partial charge in [-0.05, 0) is 41.5 Å². The molecule has 148 valence electrons. The summed E-state index contributed by atoms with van der Waals surface area (Å²) >= 11 is 0. The molecule has 0 atom stereocenters. The lowest BCUT2D eigenvalue weighted by Gasteiger charge is -2.27. The summed E-state index contributed by atoms with van der Waals surface area (Å²) in [4.78, 5) is 29.4. The predicted molar refractivity (Wildman–Crippen MR) is 91.0 cm³/mol. The Hall–Kier alpha value is -1.42. The van der Waals surface area contributed by atoms with Crippen LogP contribution in [0.3, 0.4) is 0 Å². The molecule has 0 aromatic heterocycles. The van der Waals surface area contributed by atoms with Gasteiger partial charge < -0.3 is 24.7 Å². The molecule has 2 amide bonds. The lowest BCUT2D eigenvalue weighted by molar-refractivity contribution is -0.148. The van der Waals surface area contributed by atoms with Crippen LogP contribution in [0.4, 0.5) is 9.59 Å². The zero-order valence-electron chi connectivity index (χ0n) is 16.1. The van der Waals surface area contributed by atoms with Gasteiger partial charge in [0.2, 0.25) is 0 Å². The topological polar surface area (TPSA) is 110 Å². The third-order valence-electron chi connectivity index (χ3n) is 2.20. The van der Waals surface area contributed by atoms with Crippen LogP contribution >= 0.6 is 0 Å². The van der Waals surface area contributed by atoms with E-state index in [4.69, 9.17) is 29.5 Å². The molecule has 0 bridgehead atoms. The summed E-state index contributed by atoms with van der Waals surface area (Å²) in [5.74, 6) is 0. The Balaban J connectivity index is 4.45. The minimum atomic E-state index is -0.951. The number of amides is 2. The first-order valence-corrected chi connectivity index (χ1v) is 8.21. The molecular formula is C16H32N2O7. The lowest BCUT2D eigenvalue weighted by atomic mass is 10.2. The van der Waals surface area contributed by atoms with E-state index in [1.165, 1.54) is 0 Å². The van der Waals surface area contributed by atoms with Gasteiger partial charge in [-0.25, -0.2) is 9.59 Å². The monoisotopic (exact) mass is 364 g/mol. The van der Waals surface area contributed by atoms with Gasteiger partial charge in [-0.15, -0.1) is 0 Å². The van der Waals surface area contributed by atoms with Crippen LogP contribution in [0.15, 0.2) is 0 Å². The molecule has 0 spiro atoms. The number of hydrogen-bond acceptors (Lipinski definition) is 8. The van der Waals surface area contributed by atoms with Crippen molar-refractivity contribution >= 4 is 12.2 Å². The molecule has 0 aromatic carbocycles. The van der Waals surface area contributed by atoms with Gasteiger partial charge in [0.15, 0.2) is 0 Å². The molecule has 9 heteroatoms. The average Bonchev–Trinajstić information content (AvgIpc) is 2.41. The largest absolute Gasteiger partial charge is 0.444 e. The number of ether oxygens (including phenoxy) is 4. The van der Waals surface area contributed by atoms with Crippen LogP contribution in [0.5, 0.6) is 0 Å². The van der Waals surface area contributed by atoms with Gasteiger partial charge in [-0.2, -0.15) is 0 Å². The first kappa shape index (κ1) is 23.6. The van der Waals surface area contributed by atoms with Gasteiger partial charge in [-0.3, -0.25) is 4.84 Å². The standard InChI is InChI=1S/C16H32N2O7/c1-15(2,3)24-13(19)18(14(20)25-16(4,5)6)23-12-11-22-10-9-21-8-7-17/h7-12,17H2,1-6H3. The molecule has 25 heavy (non-hydrogen) atoms. The first-order chi connectivity index (χ1) is 11.5. The molecule has 0 rings (SSSR count). The van der Waals surface area contributed by atoms with E-state index in [0.717, 1.165) is 0 Å². The molecule has 0 aliphatic carbocycles. The second-order valence-corrected chi connectivity index (χ2v) is 7.10. The molecule has 0 fully saturated rings. The third kappa shape index (κ3) is 13.5. The van der Waals surface area contributed by atoms with Gasteiger partial charge in [0.1, 0.15) is 11.2 Å². The van der Waals surface area contributed by atoms with Gasteiger partial charge in [-0.1, -0.05) is 5.06 Å². The molecule has 0 unspecified atom stereocenters. The van der Waals surface area contributed by atoms with Crippen molar-refractivity contribution in [2.75, 3.05) is 39.6 Å². The molecular weight excluding hydrogens is 332 g/mol. The van der Waals surface area contributed by atoms with Crippen molar-refractivity contribution in [3.63, 3.8) is 0 Å². The number of rotatable bonds is 9. The maximum Gasteiger partial charge on any atom is 0.444 e. The highest BCUT2D eigenvalue weighted by Gasteiger charge is 2.32. The minimum absolute atomic E-state index is 0.0324. The van der Waals surface area contributed by atoms with E-state index < -0.39 is 23.4 Å². The summed E-state index contributed by atoms with van der Waals surface area (Å²) in [5.41, 5.74) is 3.73. The zero-order valence-corrected chi connectivity index (χ0v) is 16.1. The second kappa shape index (κ2) is 11.2. The van der Waals surface area contributed by atoms with Crippen LogP contribution in [0, 0.1) is 0 Å². The van der Waals surface area contributed by atoms with Crippen LogP contribution in [-0.4, -0.2) is 68.0 Å². The van der Waals surface area contributed by atoms with E-state index in [0.29, 0.717) is 31.4 Å². The molecule has 0 heterocycles. The van der Waals surface area contributed by atoms with Crippen molar-refractivity contribution in [3.05, 3.63) is 0 Å². The van der Waals surface area contributed by atoms with Crippen LogP contribution in [0.2, 0.25) is 0 Å². The van der Waals surface area contributed by atoms with E-state index in [1.54, 1.807) is 41.5 Å². The lowest BCUT2D eigenvalue weighted by Crippen LogP contribution is -2.44. The Morgan fingerprint density at radius 1 is 0.760 bits per heavy atom. The zero-order chi connectivity index (χ0) is 19.5. The number of nitrogens with zero attached hydrogens (tertiary/aromatic N) is 1. The van der Waals surface area contributed by atoms with Crippen molar-refractivity contribution in [3.8, 4) is 0 Å². The van der Waals surface area contributed by atoms with Crippen molar-refractivity contribution in [1.29, 1.82) is 0 Å². The summed E-state index contributed by atoms with van der Waals surface area (Å²) in [7, 11) is 0. The Morgan fingerprint density at radius 3 is 1.56 bits per heavy atom. The number of hydroxylamine groups is 2. The normalized spacial score (nSPS) is 12.0. The van der Waals surface area contributed by atoms with Crippen molar-refractivity contribution < 1.29 is 33.4 Å². The summed E-state index contributed by atoms with van der Waals surface area (Å²) in [6, 6.07) is 0. The molecule has 0 saturated carbocycles. The molecule has 0 aliphatic heterocycles. The number of imide groups is 1. The predicted octanol–water partition coefficient (Wildman–Crippen LogP) is 2.08.